The normalized spacial score (nSPS) is 11.0. The molecule has 8 heteroatoms. The molecular formula is C18H13BrClFN4O. The molecule has 132 valence electrons. The van der Waals surface area contributed by atoms with E-state index in [2.05, 4.69) is 31.6 Å². The molecule has 0 saturated carbocycles. The van der Waals surface area contributed by atoms with Crippen molar-refractivity contribution in [1.82, 2.24) is 15.2 Å². The maximum Gasteiger partial charge on any atom is 0.293 e. The van der Waals surface area contributed by atoms with E-state index in [4.69, 9.17) is 11.6 Å². The number of hydrazone groups is 1. The van der Waals surface area contributed by atoms with Crippen LogP contribution in [0.5, 0.6) is 0 Å². The zero-order chi connectivity index (χ0) is 18.5. The number of aromatic nitrogens is 2. The summed E-state index contributed by atoms with van der Waals surface area (Å²) in [5.41, 5.74) is 4.29. The second-order valence-corrected chi connectivity index (χ2v) is 6.69. The molecule has 0 bridgehead atoms. The molecule has 0 unspecified atom stereocenters. The lowest BCUT2D eigenvalue weighted by atomic mass is 10.2. The first-order chi connectivity index (χ1) is 12.5. The number of hydrogen-bond acceptors (Lipinski definition) is 3. The standard InChI is InChI=1S/C18H13BrClFN4O/c19-16-11-25(10-13-1-5-14(20)6-2-13)24-17(16)18(26)23-22-9-12-3-7-15(21)8-4-12/h1-9,11H,10H2,(H,23,26)/b22-9+. The lowest BCUT2D eigenvalue weighted by Crippen LogP contribution is -2.19. The SMILES string of the molecule is O=C(N/N=C/c1ccc(F)cc1)c1nn(Cc2ccc(Cl)cc2)cc1Br. The van der Waals surface area contributed by atoms with Gasteiger partial charge >= 0.3 is 0 Å². The van der Waals surface area contributed by atoms with Crippen molar-refractivity contribution in [3.63, 3.8) is 0 Å². The summed E-state index contributed by atoms with van der Waals surface area (Å²) < 4.78 is 15.0. The Hall–Kier alpha value is -2.51. The van der Waals surface area contributed by atoms with Crippen LogP contribution >= 0.6 is 27.5 Å². The number of halogens is 3. The van der Waals surface area contributed by atoms with E-state index in [1.165, 1.54) is 18.3 Å². The average molecular weight is 436 g/mol. The lowest BCUT2D eigenvalue weighted by Gasteiger charge is -2.01. The Kier molecular flexibility index (Phi) is 5.80. The van der Waals surface area contributed by atoms with Crippen LogP contribution in [-0.2, 0) is 6.54 Å². The molecule has 0 aliphatic heterocycles. The highest BCUT2D eigenvalue weighted by Crippen LogP contribution is 2.17. The van der Waals surface area contributed by atoms with Crippen LogP contribution in [0.15, 0.2) is 64.3 Å². The van der Waals surface area contributed by atoms with E-state index in [1.807, 2.05) is 12.1 Å². The molecule has 1 amide bonds. The van der Waals surface area contributed by atoms with Gasteiger partial charge in [-0.15, -0.1) is 0 Å². The Morgan fingerprint density at radius 1 is 1.23 bits per heavy atom. The van der Waals surface area contributed by atoms with Crippen molar-refractivity contribution in [2.24, 2.45) is 5.10 Å². The summed E-state index contributed by atoms with van der Waals surface area (Å²) in [6.45, 7) is 0.502. The number of nitrogens with zero attached hydrogens (tertiary/aromatic N) is 3. The van der Waals surface area contributed by atoms with Gasteiger partial charge in [-0.1, -0.05) is 35.9 Å². The Morgan fingerprint density at radius 3 is 2.62 bits per heavy atom. The third-order valence-corrected chi connectivity index (χ3v) is 4.27. The topological polar surface area (TPSA) is 59.3 Å². The Bertz CT molecular complexity index is 939. The molecule has 1 heterocycles. The minimum absolute atomic E-state index is 0.218. The molecule has 26 heavy (non-hydrogen) atoms. The van der Waals surface area contributed by atoms with Crippen molar-refractivity contribution in [3.8, 4) is 0 Å². The van der Waals surface area contributed by atoms with E-state index < -0.39 is 5.91 Å². The first-order valence-corrected chi connectivity index (χ1v) is 8.75. The maximum atomic E-state index is 12.8. The van der Waals surface area contributed by atoms with E-state index in [0.717, 1.165) is 5.56 Å². The molecule has 1 N–H and O–H groups in total. The van der Waals surface area contributed by atoms with E-state index in [-0.39, 0.29) is 11.5 Å². The summed E-state index contributed by atoms with van der Waals surface area (Å²) in [7, 11) is 0. The summed E-state index contributed by atoms with van der Waals surface area (Å²) in [4.78, 5) is 12.2. The van der Waals surface area contributed by atoms with Gasteiger partial charge in [-0.05, 0) is 51.3 Å². The van der Waals surface area contributed by atoms with Gasteiger partial charge in [0.15, 0.2) is 5.69 Å². The third-order valence-electron chi connectivity index (χ3n) is 3.44. The number of benzene rings is 2. The van der Waals surface area contributed by atoms with Crippen LogP contribution in [0.25, 0.3) is 0 Å². The van der Waals surface area contributed by atoms with Gasteiger partial charge in [0.1, 0.15) is 5.82 Å². The fourth-order valence-electron chi connectivity index (χ4n) is 2.18. The summed E-state index contributed by atoms with van der Waals surface area (Å²) >= 11 is 9.20. The monoisotopic (exact) mass is 434 g/mol. The van der Waals surface area contributed by atoms with E-state index in [9.17, 15) is 9.18 Å². The molecule has 3 rings (SSSR count). The number of nitrogens with one attached hydrogen (secondary N) is 1. The van der Waals surface area contributed by atoms with Gasteiger partial charge in [0.05, 0.1) is 17.2 Å². The zero-order valence-electron chi connectivity index (χ0n) is 13.4. The average Bonchev–Trinajstić information content (AvgIpc) is 2.99. The second kappa shape index (κ2) is 8.25. The van der Waals surface area contributed by atoms with E-state index >= 15 is 0 Å². The van der Waals surface area contributed by atoms with E-state index in [0.29, 0.717) is 21.6 Å². The van der Waals surface area contributed by atoms with Crippen LogP contribution in [0, 0.1) is 5.82 Å². The molecule has 0 saturated heterocycles. The predicted molar refractivity (Wildman–Crippen MR) is 102 cm³/mol. The number of carbonyl (C=O) groups excluding carboxylic acids is 1. The van der Waals surface area contributed by atoms with E-state index in [1.54, 1.807) is 35.1 Å². The molecule has 0 aliphatic carbocycles. The molecule has 1 aromatic heterocycles. The minimum atomic E-state index is -0.454. The van der Waals surface area contributed by atoms with Gasteiger partial charge in [0.2, 0.25) is 0 Å². The number of rotatable bonds is 5. The molecular weight excluding hydrogens is 423 g/mol. The number of amides is 1. The van der Waals surface area contributed by atoms with Crippen LogP contribution in [0.2, 0.25) is 5.02 Å². The molecule has 0 fully saturated rings. The van der Waals surface area contributed by atoms with Gasteiger partial charge < -0.3 is 0 Å². The molecule has 0 atom stereocenters. The van der Waals surface area contributed by atoms with Gasteiger partial charge in [-0.2, -0.15) is 10.2 Å². The smallest absolute Gasteiger partial charge is 0.266 e. The second-order valence-electron chi connectivity index (χ2n) is 5.40. The first kappa shape index (κ1) is 18.3. The largest absolute Gasteiger partial charge is 0.293 e. The zero-order valence-corrected chi connectivity index (χ0v) is 15.7. The predicted octanol–water partition coefficient (Wildman–Crippen LogP) is 4.25. The highest BCUT2D eigenvalue weighted by molar-refractivity contribution is 9.10. The first-order valence-electron chi connectivity index (χ1n) is 7.57. The van der Waals surface area contributed by atoms with Gasteiger partial charge in [0.25, 0.3) is 5.91 Å². The lowest BCUT2D eigenvalue weighted by molar-refractivity contribution is 0.0948. The summed E-state index contributed by atoms with van der Waals surface area (Å²) in [6.07, 6.45) is 3.14. The van der Waals surface area contributed by atoms with Crippen molar-refractivity contribution >= 4 is 39.7 Å². The number of carbonyl (C=O) groups is 1. The Morgan fingerprint density at radius 2 is 1.92 bits per heavy atom. The van der Waals surface area contributed by atoms with Crippen molar-refractivity contribution in [2.45, 2.75) is 6.54 Å². The highest BCUT2D eigenvalue weighted by atomic mass is 79.9. The molecule has 5 nitrogen and oxygen atoms in total. The Labute approximate surface area is 162 Å². The fraction of sp³-hybridized carbons (Fsp3) is 0.0556. The van der Waals surface area contributed by atoms with Crippen molar-refractivity contribution in [3.05, 3.63) is 86.9 Å². The van der Waals surface area contributed by atoms with Gasteiger partial charge in [-0.25, -0.2) is 9.82 Å². The van der Waals surface area contributed by atoms with Crippen LogP contribution in [0.4, 0.5) is 4.39 Å². The Balaban J connectivity index is 1.65. The maximum absolute atomic E-state index is 12.8. The van der Waals surface area contributed by atoms with Crippen LogP contribution in [0.3, 0.4) is 0 Å². The summed E-state index contributed by atoms with van der Waals surface area (Å²) in [5.74, 6) is -0.786. The molecule has 0 radical (unpaired) electrons. The van der Waals surface area contributed by atoms with Crippen molar-refractivity contribution in [1.29, 1.82) is 0 Å². The summed E-state index contributed by atoms with van der Waals surface area (Å²) in [6, 6.07) is 13.1. The molecule has 0 spiro atoms. The number of hydrogen-bond donors (Lipinski definition) is 1. The summed E-state index contributed by atoms with van der Waals surface area (Å²) in [5, 5.41) is 8.79. The quantitative estimate of drug-likeness (QED) is 0.481. The van der Waals surface area contributed by atoms with Crippen LogP contribution in [-0.4, -0.2) is 21.9 Å². The molecule has 0 aliphatic rings. The van der Waals surface area contributed by atoms with Crippen molar-refractivity contribution < 1.29 is 9.18 Å². The molecule has 3 aromatic rings. The third kappa shape index (κ3) is 4.77. The van der Waals surface area contributed by atoms with Gasteiger partial charge in [0, 0.05) is 11.2 Å². The van der Waals surface area contributed by atoms with Crippen molar-refractivity contribution in [2.75, 3.05) is 0 Å². The highest BCUT2D eigenvalue weighted by Gasteiger charge is 2.14. The molecule has 2 aromatic carbocycles. The van der Waals surface area contributed by atoms with Crippen LogP contribution in [0.1, 0.15) is 21.6 Å². The minimum Gasteiger partial charge on any atom is -0.266 e. The van der Waals surface area contributed by atoms with Crippen LogP contribution < -0.4 is 5.43 Å². The van der Waals surface area contributed by atoms with Gasteiger partial charge in [-0.3, -0.25) is 9.48 Å². The fourth-order valence-corrected chi connectivity index (χ4v) is 2.80.